The van der Waals surface area contributed by atoms with Crippen LogP contribution < -0.4 is 5.32 Å². The van der Waals surface area contributed by atoms with E-state index in [-0.39, 0.29) is 17.8 Å². The van der Waals surface area contributed by atoms with E-state index in [0.717, 1.165) is 35.9 Å². The molecule has 140 valence electrons. The molecule has 0 radical (unpaired) electrons. The summed E-state index contributed by atoms with van der Waals surface area (Å²) in [5.41, 5.74) is 2.91. The van der Waals surface area contributed by atoms with Gasteiger partial charge in [0.25, 0.3) is 5.91 Å². The zero-order valence-corrected chi connectivity index (χ0v) is 14.9. The number of hydrogen-bond acceptors (Lipinski definition) is 3. The third kappa shape index (κ3) is 3.85. The van der Waals surface area contributed by atoms with E-state index in [9.17, 15) is 14.3 Å². The van der Waals surface area contributed by atoms with Crippen LogP contribution in [0.1, 0.15) is 47.3 Å². The minimum atomic E-state index is -0.509. The maximum atomic E-state index is 13.5. The molecule has 1 saturated carbocycles. The molecule has 1 aliphatic rings. The number of halogens is 1. The summed E-state index contributed by atoms with van der Waals surface area (Å²) >= 11 is 0. The smallest absolute Gasteiger partial charge is 0.272 e. The van der Waals surface area contributed by atoms with Gasteiger partial charge in [-0.05, 0) is 60.7 Å². The van der Waals surface area contributed by atoms with Crippen LogP contribution in [0, 0.1) is 5.82 Å². The number of amides is 1. The fourth-order valence-electron chi connectivity index (χ4n) is 3.74. The van der Waals surface area contributed by atoms with E-state index >= 15 is 0 Å². The summed E-state index contributed by atoms with van der Waals surface area (Å²) in [4.78, 5) is 12.7. The van der Waals surface area contributed by atoms with Crippen molar-refractivity contribution in [2.24, 2.45) is 0 Å². The van der Waals surface area contributed by atoms with Crippen molar-refractivity contribution in [2.45, 2.75) is 44.2 Å². The van der Waals surface area contributed by atoms with Gasteiger partial charge >= 0.3 is 0 Å². The van der Waals surface area contributed by atoms with E-state index in [0.29, 0.717) is 18.5 Å². The highest BCUT2D eigenvalue weighted by Gasteiger charge is 2.25. The van der Waals surface area contributed by atoms with Gasteiger partial charge in [0.2, 0.25) is 0 Å². The summed E-state index contributed by atoms with van der Waals surface area (Å²) < 4.78 is 15.2. The van der Waals surface area contributed by atoms with Gasteiger partial charge in [-0.1, -0.05) is 25.0 Å². The molecule has 6 heteroatoms. The van der Waals surface area contributed by atoms with Gasteiger partial charge < -0.3 is 10.4 Å². The number of rotatable bonds is 4. The van der Waals surface area contributed by atoms with Gasteiger partial charge in [-0.3, -0.25) is 4.79 Å². The molecule has 2 heterocycles. The van der Waals surface area contributed by atoms with Crippen LogP contribution in [0.5, 0.6) is 0 Å². The minimum Gasteiger partial charge on any atom is -0.391 e. The molecular formula is C21H22FN3O2. The Hall–Kier alpha value is -2.73. The first-order chi connectivity index (χ1) is 13.1. The average molecular weight is 367 g/mol. The maximum absolute atomic E-state index is 13.5. The Balaban J connectivity index is 1.62. The number of nitrogens with zero attached hydrogens (tertiary/aromatic N) is 2. The van der Waals surface area contributed by atoms with Gasteiger partial charge in [-0.15, -0.1) is 0 Å². The quantitative estimate of drug-likeness (QED) is 0.745. The fourth-order valence-corrected chi connectivity index (χ4v) is 3.74. The molecule has 3 aromatic rings. The number of nitrogens with one attached hydrogen (secondary N) is 1. The molecular weight excluding hydrogens is 345 g/mol. The second kappa shape index (κ2) is 7.48. The number of carbonyl (C=O) groups is 1. The highest BCUT2D eigenvalue weighted by molar-refractivity contribution is 5.93. The topological polar surface area (TPSA) is 66.6 Å². The van der Waals surface area contributed by atoms with Crippen LogP contribution in [0.25, 0.3) is 5.52 Å². The Bertz CT molecular complexity index is 969. The molecule has 1 amide bonds. The third-order valence-electron chi connectivity index (χ3n) is 5.15. The highest BCUT2D eigenvalue weighted by Crippen LogP contribution is 2.20. The molecule has 4 rings (SSSR count). The Morgan fingerprint density at radius 3 is 2.89 bits per heavy atom. The Kier molecular flexibility index (Phi) is 4.90. The van der Waals surface area contributed by atoms with E-state index in [4.69, 9.17) is 0 Å². The van der Waals surface area contributed by atoms with Gasteiger partial charge in [-0.25, -0.2) is 8.91 Å². The molecule has 0 unspecified atom stereocenters. The monoisotopic (exact) mass is 367 g/mol. The van der Waals surface area contributed by atoms with Crippen molar-refractivity contribution in [2.75, 3.05) is 0 Å². The molecule has 5 nitrogen and oxygen atoms in total. The maximum Gasteiger partial charge on any atom is 0.272 e. The first kappa shape index (κ1) is 17.7. The van der Waals surface area contributed by atoms with Crippen LogP contribution in [0.3, 0.4) is 0 Å². The summed E-state index contributed by atoms with van der Waals surface area (Å²) in [5.74, 6) is -0.575. The van der Waals surface area contributed by atoms with Gasteiger partial charge in [0.15, 0.2) is 0 Å². The largest absolute Gasteiger partial charge is 0.391 e. The Morgan fingerprint density at radius 1 is 1.22 bits per heavy atom. The summed E-state index contributed by atoms with van der Waals surface area (Å²) in [6, 6.07) is 11.8. The molecule has 0 bridgehead atoms. The molecule has 1 fully saturated rings. The van der Waals surface area contributed by atoms with Crippen molar-refractivity contribution in [3.8, 4) is 0 Å². The van der Waals surface area contributed by atoms with E-state index in [1.54, 1.807) is 22.8 Å². The van der Waals surface area contributed by atoms with E-state index in [1.807, 2.05) is 18.2 Å². The zero-order chi connectivity index (χ0) is 18.8. The lowest BCUT2D eigenvalue weighted by Crippen LogP contribution is -2.45. The van der Waals surface area contributed by atoms with Crippen LogP contribution in [-0.2, 0) is 6.42 Å². The molecule has 2 aromatic heterocycles. The van der Waals surface area contributed by atoms with Crippen LogP contribution in [0.4, 0.5) is 4.39 Å². The van der Waals surface area contributed by atoms with Crippen molar-refractivity contribution >= 4 is 11.4 Å². The second-order valence-electron chi connectivity index (χ2n) is 7.13. The average Bonchev–Trinajstić information content (AvgIpc) is 3.12. The van der Waals surface area contributed by atoms with Crippen LogP contribution in [0.15, 0.2) is 48.7 Å². The zero-order valence-electron chi connectivity index (χ0n) is 14.9. The number of hydrogen-bond donors (Lipinski definition) is 2. The molecule has 27 heavy (non-hydrogen) atoms. The molecule has 2 atom stereocenters. The predicted octanol–water partition coefficient (Wildman–Crippen LogP) is 3.10. The standard InChI is InChI=1S/C21H22FN3O2/c22-16-6-3-5-14(12-16)11-15-13-18(24-25-10-4-8-19(15)25)21(27)23-17-7-1-2-9-20(17)26/h3-6,8,10,12-13,17,20,26H,1-2,7,9,11H2,(H,23,27)/t17-,20-/m0/s1. The van der Waals surface area contributed by atoms with Crippen molar-refractivity contribution < 1.29 is 14.3 Å². The van der Waals surface area contributed by atoms with Crippen molar-refractivity contribution in [3.05, 3.63) is 71.3 Å². The molecule has 0 saturated heterocycles. The number of aliphatic hydroxyl groups excluding tert-OH is 1. The predicted molar refractivity (Wildman–Crippen MR) is 100 cm³/mol. The van der Waals surface area contributed by atoms with Crippen molar-refractivity contribution in [1.29, 1.82) is 0 Å². The Morgan fingerprint density at radius 2 is 2.07 bits per heavy atom. The van der Waals surface area contributed by atoms with E-state index in [1.165, 1.54) is 12.1 Å². The van der Waals surface area contributed by atoms with Crippen molar-refractivity contribution in [1.82, 2.24) is 14.9 Å². The number of aromatic nitrogens is 2. The van der Waals surface area contributed by atoms with Gasteiger partial charge in [0.05, 0.1) is 17.7 Å². The first-order valence-corrected chi connectivity index (χ1v) is 9.31. The summed E-state index contributed by atoms with van der Waals surface area (Å²) in [5, 5.41) is 17.4. The van der Waals surface area contributed by atoms with E-state index < -0.39 is 6.10 Å². The minimum absolute atomic E-state index is 0.236. The van der Waals surface area contributed by atoms with Crippen LogP contribution >= 0.6 is 0 Å². The lowest BCUT2D eigenvalue weighted by molar-refractivity contribution is 0.0713. The number of fused-ring (bicyclic) bond motifs is 1. The van der Waals surface area contributed by atoms with Crippen molar-refractivity contribution in [3.63, 3.8) is 0 Å². The van der Waals surface area contributed by atoms with Gasteiger partial charge in [0, 0.05) is 6.20 Å². The van der Waals surface area contributed by atoms with Crippen LogP contribution in [0.2, 0.25) is 0 Å². The fraction of sp³-hybridized carbons (Fsp3) is 0.333. The second-order valence-corrected chi connectivity index (χ2v) is 7.13. The normalized spacial score (nSPS) is 19.9. The third-order valence-corrected chi connectivity index (χ3v) is 5.15. The number of aliphatic hydroxyl groups is 1. The SMILES string of the molecule is O=C(N[C@H]1CCCC[C@@H]1O)c1cc(Cc2cccc(F)c2)c2cccn2n1. The lowest BCUT2D eigenvalue weighted by atomic mass is 9.92. The van der Waals surface area contributed by atoms with Gasteiger partial charge in [0.1, 0.15) is 11.5 Å². The molecule has 1 aliphatic carbocycles. The van der Waals surface area contributed by atoms with Crippen LogP contribution in [-0.4, -0.2) is 32.8 Å². The number of benzene rings is 1. The lowest BCUT2D eigenvalue weighted by Gasteiger charge is -2.28. The molecule has 2 N–H and O–H groups in total. The molecule has 0 aliphatic heterocycles. The summed E-state index contributed by atoms with van der Waals surface area (Å²) in [6.45, 7) is 0. The highest BCUT2D eigenvalue weighted by atomic mass is 19.1. The van der Waals surface area contributed by atoms with Gasteiger partial charge in [-0.2, -0.15) is 5.10 Å². The van der Waals surface area contributed by atoms with E-state index in [2.05, 4.69) is 10.4 Å². The summed E-state index contributed by atoms with van der Waals surface area (Å²) in [6.07, 6.45) is 5.24. The summed E-state index contributed by atoms with van der Waals surface area (Å²) in [7, 11) is 0. The first-order valence-electron chi connectivity index (χ1n) is 9.31. The Labute approximate surface area is 156 Å². The number of carbonyl (C=O) groups excluding carboxylic acids is 1. The molecule has 0 spiro atoms. The molecule has 1 aromatic carbocycles.